The topological polar surface area (TPSA) is 270 Å². The van der Waals surface area contributed by atoms with Gasteiger partial charge in [0.25, 0.3) is 0 Å². The Labute approximate surface area is 366 Å². The smallest absolute Gasteiger partial charge is 0.247 e. The number of phenols is 2. The zero-order valence-corrected chi connectivity index (χ0v) is 36.0. The van der Waals surface area contributed by atoms with E-state index in [0.717, 1.165) is 0 Å². The third-order valence-corrected chi connectivity index (χ3v) is 10.9. The molecule has 0 spiro atoms. The molecule has 3 aromatic rings. The summed E-state index contributed by atoms with van der Waals surface area (Å²) in [6, 6.07) is 11.7. The third kappa shape index (κ3) is 14.8. The molecule has 62 heavy (non-hydrogen) atoms. The van der Waals surface area contributed by atoms with Crippen molar-refractivity contribution in [3.05, 3.63) is 89.5 Å². The average molecular weight is 875 g/mol. The van der Waals surface area contributed by atoms with Crippen molar-refractivity contribution in [2.45, 2.75) is 102 Å². The van der Waals surface area contributed by atoms with Crippen LogP contribution >= 0.6 is 12.6 Å². The van der Waals surface area contributed by atoms with Crippen molar-refractivity contribution in [1.29, 1.82) is 0 Å². The highest BCUT2D eigenvalue weighted by molar-refractivity contribution is 7.80. The van der Waals surface area contributed by atoms with Crippen LogP contribution in [0, 0.1) is 5.92 Å². The van der Waals surface area contributed by atoms with E-state index >= 15 is 0 Å². The lowest BCUT2D eigenvalue weighted by Crippen LogP contribution is -2.61. The standard InChI is InChI=1S/C44H58N8O9S/c1-4-25(2)38(52-43(60)37(24-62)46-26(3)53)44(61)51-36-21-27-8-14-30(15-9-27)47-40(57)34(22-28-10-16-31(54)17-11-28)50-42(59)35(23-29-12-18-32(55)19-13-29)49-39(56)33(48-41(36)58)7-5-6-20-45/h8-19,25,33-38,54-55,62H,4-7,20-24,45H2,1-3H3,(H,46,53)(H,47,57)(H,48,58)(H,49,56)(H,50,59)(H,51,61)(H,52,60)/t25-,33-,34-,35-,36-,37-,38-/m0/s1. The van der Waals surface area contributed by atoms with Crippen LogP contribution in [0.5, 0.6) is 11.5 Å². The predicted octanol–water partition coefficient (Wildman–Crippen LogP) is 1.11. The van der Waals surface area contributed by atoms with Gasteiger partial charge in [0.2, 0.25) is 41.4 Å². The highest BCUT2D eigenvalue weighted by Crippen LogP contribution is 2.18. The van der Waals surface area contributed by atoms with Crippen LogP contribution in [0.1, 0.15) is 63.1 Å². The number of carbonyl (C=O) groups is 7. The van der Waals surface area contributed by atoms with Crippen LogP contribution in [0.4, 0.5) is 5.69 Å². The summed E-state index contributed by atoms with van der Waals surface area (Å²) in [6.07, 6.45) is 1.40. The summed E-state index contributed by atoms with van der Waals surface area (Å²) < 4.78 is 0. The number of phenolic OH excluding ortho intramolecular Hbond substituents is 2. The molecule has 0 saturated heterocycles. The molecule has 0 aromatic heterocycles. The van der Waals surface area contributed by atoms with Gasteiger partial charge in [0, 0.05) is 37.6 Å². The van der Waals surface area contributed by atoms with E-state index in [1.165, 1.54) is 31.2 Å². The summed E-state index contributed by atoms with van der Waals surface area (Å²) in [5.74, 6) is -4.94. The molecule has 5 rings (SSSR count). The van der Waals surface area contributed by atoms with Gasteiger partial charge in [-0.3, -0.25) is 33.6 Å². The normalized spacial score (nSPS) is 20.0. The predicted molar refractivity (Wildman–Crippen MR) is 236 cm³/mol. The fourth-order valence-electron chi connectivity index (χ4n) is 6.79. The number of hydrogen-bond acceptors (Lipinski definition) is 11. The zero-order chi connectivity index (χ0) is 45.3. The molecule has 2 bridgehead atoms. The second-order valence-corrected chi connectivity index (χ2v) is 15.8. The van der Waals surface area contributed by atoms with Crippen LogP contribution in [0.3, 0.4) is 0 Å². The lowest BCUT2D eigenvalue weighted by molar-refractivity contribution is -0.135. The average Bonchev–Trinajstić information content (AvgIpc) is 3.24. The van der Waals surface area contributed by atoms with Gasteiger partial charge >= 0.3 is 0 Å². The molecule has 0 aliphatic carbocycles. The van der Waals surface area contributed by atoms with E-state index in [1.54, 1.807) is 55.5 Å². The Hall–Kier alpha value is -6.14. The molecule has 17 nitrogen and oxygen atoms in total. The van der Waals surface area contributed by atoms with E-state index in [0.29, 0.717) is 48.2 Å². The fourth-order valence-corrected chi connectivity index (χ4v) is 7.04. The summed E-state index contributed by atoms with van der Waals surface area (Å²) in [6.45, 7) is 5.15. The summed E-state index contributed by atoms with van der Waals surface area (Å²) in [4.78, 5) is 95.9. The highest BCUT2D eigenvalue weighted by Gasteiger charge is 2.35. The number of anilines is 1. The number of nitrogens with one attached hydrogen (secondary N) is 7. The Morgan fingerprint density at radius 2 is 1.27 bits per heavy atom. The van der Waals surface area contributed by atoms with Gasteiger partial charge in [0.1, 0.15) is 47.8 Å². The maximum Gasteiger partial charge on any atom is 0.247 e. The number of nitrogens with two attached hydrogens (primary N) is 1. The van der Waals surface area contributed by atoms with Gasteiger partial charge in [0.15, 0.2) is 0 Å². The Bertz CT molecular complexity index is 2020. The molecule has 2 aliphatic heterocycles. The fraction of sp³-hybridized carbons (Fsp3) is 0.432. The molecule has 334 valence electrons. The van der Waals surface area contributed by atoms with Crippen molar-refractivity contribution in [3.63, 3.8) is 0 Å². The number of hydrogen-bond donors (Lipinski definition) is 11. The van der Waals surface area contributed by atoms with E-state index in [4.69, 9.17) is 5.73 Å². The van der Waals surface area contributed by atoms with E-state index in [2.05, 4.69) is 49.8 Å². The van der Waals surface area contributed by atoms with Crippen molar-refractivity contribution in [2.75, 3.05) is 17.6 Å². The van der Waals surface area contributed by atoms with Crippen LogP contribution in [-0.4, -0.2) is 100 Å². The lowest BCUT2D eigenvalue weighted by atomic mass is 9.96. The van der Waals surface area contributed by atoms with Crippen LogP contribution in [-0.2, 0) is 52.8 Å². The molecule has 3 aromatic carbocycles. The Morgan fingerprint density at radius 3 is 1.79 bits per heavy atom. The van der Waals surface area contributed by atoms with Crippen LogP contribution in [0.25, 0.3) is 0 Å². The molecule has 18 heteroatoms. The molecule has 0 saturated carbocycles. The number of thiol groups is 1. The minimum Gasteiger partial charge on any atom is -0.508 e. The van der Waals surface area contributed by atoms with E-state index < -0.39 is 83.5 Å². The quantitative estimate of drug-likeness (QED) is 0.0555. The molecule has 0 radical (unpaired) electrons. The number of unbranched alkanes of at least 4 members (excludes halogenated alkanes) is 1. The van der Waals surface area contributed by atoms with Gasteiger partial charge in [-0.2, -0.15) is 12.6 Å². The second-order valence-electron chi connectivity index (χ2n) is 15.5. The van der Waals surface area contributed by atoms with Crippen molar-refractivity contribution in [3.8, 4) is 11.5 Å². The molecule has 0 unspecified atom stereocenters. The molecule has 7 amide bonds. The Balaban J connectivity index is 1.75. The summed E-state index contributed by atoms with van der Waals surface area (Å²) >= 11 is 4.18. The van der Waals surface area contributed by atoms with Gasteiger partial charge < -0.3 is 53.2 Å². The molecule has 2 heterocycles. The van der Waals surface area contributed by atoms with Crippen LogP contribution in [0.15, 0.2) is 72.8 Å². The Morgan fingerprint density at radius 1 is 0.742 bits per heavy atom. The number of benzene rings is 3. The zero-order valence-electron chi connectivity index (χ0n) is 35.1. The van der Waals surface area contributed by atoms with E-state index in [-0.39, 0.29) is 42.9 Å². The summed E-state index contributed by atoms with van der Waals surface area (Å²) in [5, 5.41) is 39.0. The third-order valence-electron chi connectivity index (χ3n) is 10.6. The number of amides is 7. The van der Waals surface area contributed by atoms with Gasteiger partial charge in [-0.15, -0.1) is 0 Å². The molecule has 11 N–H and O–H groups in total. The monoisotopic (exact) mass is 874 g/mol. The number of aromatic hydroxyl groups is 2. The first kappa shape index (κ1) is 48.5. The molecular formula is C44H58N8O9S. The lowest BCUT2D eigenvalue weighted by Gasteiger charge is -2.29. The molecular weight excluding hydrogens is 817 g/mol. The van der Waals surface area contributed by atoms with E-state index in [1.807, 2.05) is 6.92 Å². The molecule has 7 atom stereocenters. The molecule has 2 aliphatic rings. The van der Waals surface area contributed by atoms with Crippen LogP contribution < -0.4 is 43.0 Å². The first-order valence-electron chi connectivity index (χ1n) is 20.7. The minimum atomic E-state index is -1.28. The van der Waals surface area contributed by atoms with Crippen LogP contribution in [0.2, 0.25) is 0 Å². The van der Waals surface area contributed by atoms with Crippen molar-refractivity contribution < 1.29 is 43.8 Å². The minimum absolute atomic E-state index is 0.0104. The van der Waals surface area contributed by atoms with E-state index in [9.17, 15) is 43.8 Å². The number of rotatable bonds is 16. The van der Waals surface area contributed by atoms with Gasteiger partial charge in [-0.05, 0) is 84.8 Å². The maximum atomic E-state index is 14.4. The largest absolute Gasteiger partial charge is 0.508 e. The van der Waals surface area contributed by atoms with Crippen molar-refractivity contribution >= 4 is 59.7 Å². The van der Waals surface area contributed by atoms with Crippen molar-refractivity contribution in [1.82, 2.24) is 31.9 Å². The summed E-state index contributed by atoms with van der Waals surface area (Å²) in [5.41, 5.74) is 7.92. The highest BCUT2D eigenvalue weighted by atomic mass is 32.1. The first-order chi connectivity index (χ1) is 29.6. The van der Waals surface area contributed by atoms with Gasteiger partial charge in [-0.1, -0.05) is 56.7 Å². The number of fused-ring (bicyclic) bond motifs is 14. The van der Waals surface area contributed by atoms with Gasteiger partial charge in [0.05, 0.1) is 0 Å². The first-order valence-corrected chi connectivity index (χ1v) is 21.3. The maximum absolute atomic E-state index is 14.4. The van der Waals surface area contributed by atoms with Crippen molar-refractivity contribution in [2.24, 2.45) is 11.7 Å². The number of carbonyl (C=O) groups excluding carboxylic acids is 7. The SMILES string of the molecule is CC[C@H](C)[C@H](NC(=O)[C@H](CS)NC(C)=O)C(=O)N[C@H]1Cc2ccc(cc2)NC(=O)[C@H](Cc2ccc(O)cc2)NC(=O)[C@H](Cc2ccc(O)cc2)NC(=O)[C@H](CCCCN)NC1=O. The second kappa shape index (κ2) is 23.7. The summed E-state index contributed by atoms with van der Waals surface area (Å²) in [7, 11) is 0. The van der Waals surface area contributed by atoms with Gasteiger partial charge in [-0.25, -0.2) is 0 Å². The molecule has 0 fully saturated rings. The Kier molecular flexibility index (Phi) is 18.6.